The van der Waals surface area contributed by atoms with E-state index in [0.717, 1.165) is 41.0 Å². The first-order valence-electron chi connectivity index (χ1n) is 14.3. The number of piperazine rings is 1. The van der Waals surface area contributed by atoms with Crippen molar-refractivity contribution in [2.24, 2.45) is 0 Å². The average molecular weight is 575 g/mol. The molecule has 1 N–H and O–H groups in total. The monoisotopic (exact) mass is 574 g/mol. The molecule has 0 amide bonds. The highest BCUT2D eigenvalue weighted by atomic mass is 35.5. The lowest BCUT2D eigenvalue weighted by atomic mass is 10.0. The normalized spacial score (nSPS) is 17.2. The van der Waals surface area contributed by atoms with Gasteiger partial charge in [-0.05, 0) is 38.1 Å². The molecule has 6 rings (SSSR count). The Labute approximate surface area is 247 Å². The van der Waals surface area contributed by atoms with Gasteiger partial charge in [-0.2, -0.15) is 0 Å². The molecular formula is C31H39ClN8O. The third kappa shape index (κ3) is 5.66. The number of nitrogens with zero attached hydrogens (tertiary/aromatic N) is 7. The molecule has 0 atom stereocenters. The Hall–Kier alpha value is -3.53. The lowest BCUT2D eigenvalue weighted by Crippen LogP contribution is -2.52. The van der Waals surface area contributed by atoms with Crippen LogP contribution in [0, 0.1) is 0 Å². The molecule has 2 aromatic heterocycles. The summed E-state index contributed by atoms with van der Waals surface area (Å²) >= 11 is 6.64. The number of hydrogen-bond donors (Lipinski definition) is 1. The van der Waals surface area contributed by atoms with E-state index >= 15 is 0 Å². The van der Waals surface area contributed by atoms with E-state index in [9.17, 15) is 0 Å². The summed E-state index contributed by atoms with van der Waals surface area (Å²) in [5.74, 6) is 1.22. The fraction of sp³-hybridized carbons (Fsp3) is 0.419. The van der Waals surface area contributed by atoms with Gasteiger partial charge in [-0.3, -0.25) is 9.58 Å². The van der Waals surface area contributed by atoms with Gasteiger partial charge < -0.3 is 24.9 Å². The van der Waals surface area contributed by atoms with Crippen LogP contribution >= 0.6 is 11.6 Å². The van der Waals surface area contributed by atoms with Gasteiger partial charge in [0, 0.05) is 88.3 Å². The second kappa shape index (κ2) is 11.8. The number of ether oxygens (including phenoxy) is 1. The average Bonchev–Trinajstić information content (AvgIpc) is 3.39. The number of fused-ring (bicyclic) bond motifs is 1. The molecule has 2 aliphatic heterocycles. The summed E-state index contributed by atoms with van der Waals surface area (Å²) in [7, 11) is 7.94. The van der Waals surface area contributed by atoms with Crippen molar-refractivity contribution in [1.29, 1.82) is 0 Å². The van der Waals surface area contributed by atoms with Gasteiger partial charge in [0.2, 0.25) is 5.95 Å². The number of piperidine rings is 1. The fourth-order valence-corrected chi connectivity index (χ4v) is 6.27. The van der Waals surface area contributed by atoms with E-state index in [2.05, 4.69) is 73.3 Å². The molecule has 0 unspecified atom stereocenters. The van der Waals surface area contributed by atoms with Crippen molar-refractivity contribution >= 4 is 39.8 Å². The first-order valence-corrected chi connectivity index (χ1v) is 14.7. The van der Waals surface area contributed by atoms with Crippen LogP contribution in [0.25, 0.3) is 22.2 Å². The van der Waals surface area contributed by atoms with Crippen LogP contribution in [0.2, 0.25) is 5.02 Å². The number of benzene rings is 2. The van der Waals surface area contributed by atoms with Crippen LogP contribution in [0.1, 0.15) is 12.8 Å². The van der Waals surface area contributed by atoms with Gasteiger partial charge in [0.15, 0.2) is 0 Å². The van der Waals surface area contributed by atoms with E-state index < -0.39 is 0 Å². The number of likely N-dealkylation sites (N-methyl/N-ethyl adjacent to an activating group) is 1. The van der Waals surface area contributed by atoms with Gasteiger partial charge >= 0.3 is 0 Å². The van der Waals surface area contributed by atoms with Gasteiger partial charge in [-0.1, -0.05) is 29.8 Å². The number of anilines is 3. The highest BCUT2D eigenvalue weighted by Crippen LogP contribution is 2.36. The van der Waals surface area contributed by atoms with Gasteiger partial charge in [0.25, 0.3) is 0 Å². The Balaban J connectivity index is 1.20. The summed E-state index contributed by atoms with van der Waals surface area (Å²) in [5.41, 5.74) is 4.71. The first kappa shape index (κ1) is 27.6. The molecule has 0 spiro atoms. The smallest absolute Gasteiger partial charge is 0.227 e. The second-order valence-corrected chi connectivity index (χ2v) is 11.6. The third-order valence-corrected chi connectivity index (χ3v) is 8.71. The van der Waals surface area contributed by atoms with Crippen LogP contribution in [-0.4, -0.2) is 98.0 Å². The Bertz CT molecular complexity index is 1510. The minimum absolute atomic E-state index is 0.463. The lowest BCUT2D eigenvalue weighted by Gasteiger charge is -2.42. The summed E-state index contributed by atoms with van der Waals surface area (Å²) in [6.07, 6.45) is 6.10. The number of halogens is 1. The maximum Gasteiger partial charge on any atom is 0.227 e. The predicted molar refractivity (Wildman–Crippen MR) is 169 cm³/mol. The van der Waals surface area contributed by atoms with Crippen molar-refractivity contribution in [2.75, 3.05) is 82.7 Å². The van der Waals surface area contributed by atoms with Gasteiger partial charge in [-0.25, -0.2) is 9.97 Å². The van der Waals surface area contributed by atoms with E-state index in [1.807, 2.05) is 31.2 Å². The zero-order chi connectivity index (χ0) is 28.5. The van der Waals surface area contributed by atoms with Crippen LogP contribution < -0.4 is 20.0 Å². The highest BCUT2D eigenvalue weighted by molar-refractivity contribution is 6.33. The fourth-order valence-electron chi connectivity index (χ4n) is 6.08. The number of methoxy groups -OCH3 is 1. The quantitative estimate of drug-likeness (QED) is 0.334. The van der Waals surface area contributed by atoms with Crippen LogP contribution in [0.5, 0.6) is 5.75 Å². The number of para-hydroxylation sites is 1. The summed E-state index contributed by atoms with van der Waals surface area (Å²) in [6.45, 7) is 6.81. The van der Waals surface area contributed by atoms with E-state index in [-0.39, 0.29) is 0 Å². The zero-order valence-electron chi connectivity index (χ0n) is 24.3. The minimum Gasteiger partial charge on any atom is -0.494 e. The second-order valence-electron chi connectivity index (χ2n) is 11.2. The molecule has 10 heteroatoms. The Morgan fingerprint density at radius 3 is 2.49 bits per heavy atom. The maximum absolute atomic E-state index is 6.64. The van der Waals surface area contributed by atoms with Crippen molar-refractivity contribution in [3.05, 3.63) is 59.9 Å². The molecule has 41 heavy (non-hydrogen) atoms. The molecule has 0 radical (unpaired) electrons. The molecule has 9 nitrogen and oxygen atoms in total. The molecule has 2 fully saturated rings. The summed E-state index contributed by atoms with van der Waals surface area (Å²) in [6, 6.07) is 15.2. The van der Waals surface area contributed by atoms with Crippen molar-refractivity contribution in [1.82, 2.24) is 24.4 Å². The molecule has 216 valence electrons. The van der Waals surface area contributed by atoms with E-state index in [1.165, 1.54) is 44.7 Å². The van der Waals surface area contributed by atoms with Crippen LogP contribution in [0.4, 0.5) is 17.3 Å². The van der Waals surface area contributed by atoms with Crippen LogP contribution in [0.15, 0.2) is 54.9 Å². The van der Waals surface area contributed by atoms with Crippen molar-refractivity contribution in [2.45, 2.75) is 18.9 Å². The van der Waals surface area contributed by atoms with Crippen molar-refractivity contribution in [3.8, 4) is 17.0 Å². The molecule has 0 saturated carbocycles. The Kier molecular flexibility index (Phi) is 7.92. The zero-order valence-corrected chi connectivity index (χ0v) is 25.1. The predicted octanol–water partition coefficient (Wildman–Crippen LogP) is 4.92. The van der Waals surface area contributed by atoms with E-state index in [4.69, 9.17) is 21.3 Å². The summed E-state index contributed by atoms with van der Waals surface area (Å²) < 4.78 is 7.90. The molecule has 4 aromatic rings. The largest absolute Gasteiger partial charge is 0.494 e. The van der Waals surface area contributed by atoms with Crippen molar-refractivity contribution in [3.63, 3.8) is 0 Å². The van der Waals surface area contributed by atoms with Gasteiger partial charge in [0.1, 0.15) is 5.75 Å². The van der Waals surface area contributed by atoms with Crippen LogP contribution in [-0.2, 0) is 0 Å². The van der Waals surface area contributed by atoms with Gasteiger partial charge in [0.05, 0.1) is 35.2 Å². The van der Waals surface area contributed by atoms with Crippen LogP contribution in [0.3, 0.4) is 0 Å². The molecule has 0 bridgehead atoms. The van der Waals surface area contributed by atoms with Crippen molar-refractivity contribution < 1.29 is 4.74 Å². The van der Waals surface area contributed by atoms with E-state index in [1.54, 1.807) is 13.3 Å². The first-order chi connectivity index (χ1) is 19.9. The highest BCUT2D eigenvalue weighted by Gasteiger charge is 2.27. The third-order valence-electron chi connectivity index (χ3n) is 8.44. The topological polar surface area (TPSA) is 64.9 Å². The number of rotatable bonds is 7. The lowest BCUT2D eigenvalue weighted by molar-refractivity contribution is 0.0982. The Morgan fingerprint density at radius 1 is 1.00 bits per heavy atom. The van der Waals surface area contributed by atoms with Gasteiger partial charge in [-0.15, -0.1) is 0 Å². The Morgan fingerprint density at radius 2 is 1.76 bits per heavy atom. The molecule has 4 heterocycles. The molecule has 2 saturated heterocycles. The number of nitrogens with one attached hydrogen (secondary N) is 1. The number of hydrogen-bond acceptors (Lipinski definition) is 8. The summed E-state index contributed by atoms with van der Waals surface area (Å²) in [5, 5.41) is 6.97. The van der Waals surface area contributed by atoms with E-state index in [0.29, 0.717) is 22.7 Å². The number of aromatic nitrogens is 3. The molecule has 0 aliphatic carbocycles. The molecule has 2 aromatic carbocycles. The summed E-state index contributed by atoms with van der Waals surface area (Å²) in [4.78, 5) is 16.9. The molecule has 2 aliphatic rings. The minimum atomic E-state index is 0.463. The standard InChI is InChI=1S/C31H39ClN8O/c1-36(2)40-21-25(24-7-5-6-8-28(24)40)30-26(32)20-33-31(35-30)34-27-10-9-23(19-29(27)41-4)38-13-11-22(12-14-38)39-17-15-37(3)16-18-39/h5-10,19-22H,11-18H2,1-4H3,(H,33,34,35). The SMILES string of the molecule is COc1cc(N2CCC(N3CCN(C)CC3)CC2)ccc1Nc1ncc(Cl)c(-c2cn(N(C)C)c3ccccc23)n1. The molecular weight excluding hydrogens is 536 g/mol. The maximum atomic E-state index is 6.64.